The summed E-state index contributed by atoms with van der Waals surface area (Å²) in [6, 6.07) is 10.1. The molecule has 0 saturated carbocycles. The molecule has 0 bridgehead atoms. The summed E-state index contributed by atoms with van der Waals surface area (Å²) in [6.07, 6.45) is 1.86. The minimum absolute atomic E-state index is 0. The molecule has 5 heteroatoms. The molecule has 88 valence electrons. The van der Waals surface area contributed by atoms with Crippen molar-refractivity contribution in [3.63, 3.8) is 0 Å². The minimum Gasteiger partial charge on any atom is -0.341 e. The van der Waals surface area contributed by atoms with Crippen molar-refractivity contribution in [2.75, 3.05) is 7.05 Å². The lowest BCUT2D eigenvalue weighted by Crippen LogP contribution is -2.04. The summed E-state index contributed by atoms with van der Waals surface area (Å²) in [7, 11) is 1.92. The highest BCUT2D eigenvalue weighted by Gasteiger charge is 2.01. The molecule has 0 saturated heterocycles. The van der Waals surface area contributed by atoms with Crippen LogP contribution >= 0.6 is 24.8 Å². The van der Waals surface area contributed by atoms with Crippen LogP contribution in [0, 0.1) is 0 Å². The van der Waals surface area contributed by atoms with Gasteiger partial charge in [-0.15, -0.1) is 24.8 Å². The van der Waals surface area contributed by atoms with Crippen molar-refractivity contribution < 1.29 is 0 Å². The maximum atomic E-state index is 4.31. The maximum absolute atomic E-state index is 4.31. The van der Waals surface area contributed by atoms with Crippen LogP contribution in [0.25, 0.3) is 11.4 Å². The fraction of sp³-hybridized carbons (Fsp3) is 0.182. The number of nitrogens with zero attached hydrogens (tertiary/aromatic N) is 1. The van der Waals surface area contributed by atoms with E-state index in [1.807, 2.05) is 43.6 Å². The summed E-state index contributed by atoms with van der Waals surface area (Å²) in [4.78, 5) is 7.57. The van der Waals surface area contributed by atoms with Crippen LogP contribution in [-0.4, -0.2) is 17.0 Å². The number of hydrogen-bond acceptors (Lipinski definition) is 2. The number of rotatable bonds is 3. The molecule has 1 aromatic carbocycles. The highest BCUT2D eigenvalue weighted by Crippen LogP contribution is 2.14. The fourth-order valence-corrected chi connectivity index (χ4v) is 1.38. The molecule has 0 radical (unpaired) electrons. The van der Waals surface area contributed by atoms with Crippen molar-refractivity contribution in [1.82, 2.24) is 15.3 Å². The Balaban J connectivity index is 0.00000112. The Labute approximate surface area is 108 Å². The average Bonchev–Trinajstić information content (AvgIpc) is 2.68. The second-order valence-electron chi connectivity index (χ2n) is 3.15. The predicted molar refractivity (Wildman–Crippen MR) is 71.3 cm³/mol. The van der Waals surface area contributed by atoms with Gasteiger partial charge in [-0.05, 0) is 7.05 Å². The lowest BCUT2D eigenvalue weighted by atomic mass is 10.2. The highest BCUT2D eigenvalue weighted by atomic mass is 35.5. The molecule has 0 amide bonds. The zero-order chi connectivity index (χ0) is 9.80. The quantitative estimate of drug-likeness (QED) is 0.890. The molecule has 3 nitrogen and oxygen atoms in total. The van der Waals surface area contributed by atoms with Gasteiger partial charge < -0.3 is 10.3 Å². The van der Waals surface area contributed by atoms with Gasteiger partial charge in [0.05, 0.1) is 0 Å². The van der Waals surface area contributed by atoms with Crippen LogP contribution < -0.4 is 5.32 Å². The normalized spacial score (nSPS) is 9.06. The van der Waals surface area contributed by atoms with Crippen molar-refractivity contribution in [3.8, 4) is 11.4 Å². The number of nitrogens with one attached hydrogen (secondary N) is 2. The Morgan fingerprint density at radius 3 is 2.50 bits per heavy atom. The molecule has 1 heterocycles. The van der Waals surface area contributed by atoms with Crippen molar-refractivity contribution in [2.45, 2.75) is 6.54 Å². The molecule has 0 fully saturated rings. The fourth-order valence-electron chi connectivity index (χ4n) is 1.38. The van der Waals surface area contributed by atoms with Crippen LogP contribution in [0.1, 0.15) is 5.69 Å². The number of halogens is 2. The highest BCUT2D eigenvalue weighted by molar-refractivity contribution is 5.85. The van der Waals surface area contributed by atoms with E-state index in [1.165, 1.54) is 0 Å². The molecule has 0 aliphatic heterocycles. The van der Waals surface area contributed by atoms with Gasteiger partial charge in [0.25, 0.3) is 0 Å². The first-order valence-corrected chi connectivity index (χ1v) is 4.64. The van der Waals surface area contributed by atoms with Gasteiger partial charge >= 0.3 is 0 Å². The monoisotopic (exact) mass is 259 g/mol. The van der Waals surface area contributed by atoms with Gasteiger partial charge in [0.15, 0.2) is 0 Å². The second-order valence-corrected chi connectivity index (χ2v) is 3.15. The summed E-state index contributed by atoms with van der Waals surface area (Å²) < 4.78 is 0. The smallest absolute Gasteiger partial charge is 0.137 e. The molecule has 0 unspecified atom stereocenters. The zero-order valence-electron chi connectivity index (χ0n) is 8.93. The summed E-state index contributed by atoms with van der Waals surface area (Å²) in [5.74, 6) is 0.927. The Morgan fingerprint density at radius 1 is 1.19 bits per heavy atom. The summed E-state index contributed by atoms with van der Waals surface area (Å²) >= 11 is 0. The van der Waals surface area contributed by atoms with Crippen LogP contribution in [0.4, 0.5) is 0 Å². The van der Waals surface area contributed by atoms with Crippen LogP contribution in [0.3, 0.4) is 0 Å². The molecular formula is C11H15Cl2N3. The third kappa shape index (κ3) is 3.52. The minimum atomic E-state index is 0. The summed E-state index contributed by atoms with van der Waals surface area (Å²) in [5, 5.41) is 3.08. The molecule has 0 aliphatic rings. The van der Waals surface area contributed by atoms with Gasteiger partial charge in [-0.3, -0.25) is 0 Å². The Kier molecular flexibility index (Phi) is 6.81. The van der Waals surface area contributed by atoms with E-state index in [2.05, 4.69) is 15.3 Å². The molecule has 2 rings (SSSR count). The Morgan fingerprint density at radius 2 is 1.88 bits per heavy atom. The zero-order valence-corrected chi connectivity index (χ0v) is 10.6. The van der Waals surface area contributed by atoms with Gasteiger partial charge in [-0.1, -0.05) is 30.3 Å². The third-order valence-corrected chi connectivity index (χ3v) is 2.04. The van der Waals surface area contributed by atoms with Gasteiger partial charge in [0, 0.05) is 24.0 Å². The molecule has 1 aromatic heterocycles. The first-order valence-electron chi connectivity index (χ1n) is 4.64. The van der Waals surface area contributed by atoms with E-state index in [1.54, 1.807) is 0 Å². The van der Waals surface area contributed by atoms with E-state index in [9.17, 15) is 0 Å². The van der Waals surface area contributed by atoms with Crippen LogP contribution in [0.5, 0.6) is 0 Å². The molecule has 0 spiro atoms. The SMILES string of the molecule is CNCc1cnc(-c2ccccc2)[nH]1.Cl.Cl. The van der Waals surface area contributed by atoms with Crippen molar-refractivity contribution >= 4 is 24.8 Å². The first kappa shape index (κ1) is 15.0. The lowest BCUT2D eigenvalue weighted by molar-refractivity contribution is 0.797. The summed E-state index contributed by atoms with van der Waals surface area (Å²) in [5.41, 5.74) is 2.22. The van der Waals surface area contributed by atoms with E-state index in [-0.39, 0.29) is 24.8 Å². The molecule has 2 N–H and O–H groups in total. The van der Waals surface area contributed by atoms with E-state index in [0.717, 1.165) is 23.6 Å². The Hall–Kier alpha value is -1.03. The molecule has 0 aliphatic carbocycles. The molecule has 2 aromatic rings. The van der Waals surface area contributed by atoms with Crippen molar-refractivity contribution in [2.24, 2.45) is 0 Å². The van der Waals surface area contributed by atoms with E-state index < -0.39 is 0 Å². The molecular weight excluding hydrogens is 245 g/mol. The molecule has 0 atom stereocenters. The topological polar surface area (TPSA) is 40.7 Å². The van der Waals surface area contributed by atoms with Crippen LogP contribution in [0.2, 0.25) is 0 Å². The number of benzene rings is 1. The maximum Gasteiger partial charge on any atom is 0.137 e. The standard InChI is InChI=1S/C11H13N3.2ClH/c1-12-7-10-8-13-11(14-10)9-5-3-2-4-6-9;;/h2-6,8,12H,7H2,1H3,(H,13,14);2*1H. The van der Waals surface area contributed by atoms with Gasteiger partial charge in [0.2, 0.25) is 0 Å². The van der Waals surface area contributed by atoms with E-state index in [4.69, 9.17) is 0 Å². The molecule has 16 heavy (non-hydrogen) atoms. The first-order chi connectivity index (χ1) is 6.90. The number of aromatic amines is 1. The number of imidazole rings is 1. The number of H-pyrrole nitrogens is 1. The largest absolute Gasteiger partial charge is 0.341 e. The summed E-state index contributed by atoms with van der Waals surface area (Å²) in [6.45, 7) is 0.819. The predicted octanol–water partition coefficient (Wildman–Crippen LogP) is 2.64. The lowest BCUT2D eigenvalue weighted by Gasteiger charge is -1.95. The number of hydrogen-bond donors (Lipinski definition) is 2. The van der Waals surface area contributed by atoms with Crippen molar-refractivity contribution in [1.29, 1.82) is 0 Å². The average molecular weight is 260 g/mol. The van der Waals surface area contributed by atoms with E-state index >= 15 is 0 Å². The van der Waals surface area contributed by atoms with E-state index in [0.29, 0.717) is 0 Å². The van der Waals surface area contributed by atoms with Crippen molar-refractivity contribution in [3.05, 3.63) is 42.2 Å². The van der Waals surface area contributed by atoms with Gasteiger partial charge in [0.1, 0.15) is 5.82 Å². The van der Waals surface area contributed by atoms with Gasteiger partial charge in [-0.2, -0.15) is 0 Å². The van der Waals surface area contributed by atoms with Crippen LogP contribution in [0.15, 0.2) is 36.5 Å². The second kappa shape index (κ2) is 7.28. The van der Waals surface area contributed by atoms with Gasteiger partial charge in [-0.25, -0.2) is 4.98 Å². The van der Waals surface area contributed by atoms with Crippen LogP contribution in [-0.2, 0) is 6.54 Å². The Bertz CT molecular complexity index is 401. The third-order valence-electron chi connectivity index (χ3n) is 2.04. The number of aromatic nitrogens is 2.